The lowest BCUT2D eigenvalue weighted by molar-refractivity contribution is -0.120. The predicted molar refractivity (Wildman–Crippen MR) is 101 cm³/mol. The number of hydrogen-bond donors (Lipinski definition) is 1. The summed E-state index contributed by atoms with van der Waals surface area (Å²) in [5.41, 5.74) is 0.279. The van der Waals surface area contributed by atoms with E-state index < -0.39 is 6.04 Å². The number of rotatable bonds is 2. The molecule has 0 radical (unpaired) electrons. The second kappa shape index (κ2) is 6.53. The molecule has 3 heterocycles. The predicted octanol–water partition coefficient (Wildman–Crippen LogP) is 2.36. The topological polar surface area (TPSA) is 80.1 Å². The number of carbonyl (C=O) groups excluding carboxylic acids is 2. The summed E-state index contributed by atoms with van der Waals surface area (Å²) in [7, 11) is 1.69. The smallest absolute Gasteiger partial charge is 0.270 e. The first kappa shape index (κ1) is 16.7. The van der Waals surface area contributed by atoms with Crippen molar-refractivity contribution < 1.29 is 9.59 Å². The van der Waals surface area contributed by atoms with Crippen molar-refractivity contribution in [1.29, 1.82) is 0 Å². The molecular formula is C18H16BrN5O2. The van der Waals surface area contributed by atoms with Gasteiger partial charge in [-0.2, -0.15) is 5.10 Å². The third-order valence-electron chi connectivity index (χ3n) is 4.54. The van der Waals surface area contributed by atoms with E-state index in [1.54, 1.807) is 36.3 Å². The van der Waals surface area contributed by atoms with Crippen molar-refractivity contribution in [3.8, 4) is 0 Å². The lowest BCUT2D eigenvalue weighted by atomic mass is 10.1. The molecule has 4 rings (SSSR count). The van der Waals surface area contributed by atoms with Crippen LogP contribution in [0.3, 0.4) is 0 Å². The second-order valence-corrected chi connectivity index (χ2v) is 7.01. The van der Waals surface area contributed by atoms with Crippen molar-refractivity contribution in [1.82, 2.24) is 20.1 Å². The summed E-state index contributed by atoms with van der Waals surface area (Å²) in [5, 5.41) is 8.86. The van der Waals surface area contributed by atoms with Gasteiger partial charge >= 0.3 is 0 Å². The van der Waals surface area contributed by atoms with E-state index in [1.807, 2.05) is 18.2 Å². The van der Waals surface area contributed by atoms with Gasteiger partial charge in [0.2, 0.25) is 0 Å². The van der Waals surface area contributed by atoms with Crippen LogP contribution < -0.4 is 10.2 Å². The molecule has 1 aromatic carbocycles. The van der Waals surface area contributed by atoms with Gasteiger partial charge in [0.05, 0.1) is 6.20 Å². The van der Waals surface area contributed by atoms with Gasteiger partial charge in [-0.1, -0.05) is 28.1 Å². The molecule has 3 aromatic rings. The zero-order chi connectivity index (χ0) is 18.3. The minimum Gasteiger partial charge on any atom is -0.339 e. The fourth-order valence-electron chi connectivity index (χ4n) is 3.13. The van der Waals surface area contributed by atoms with E-state index in [2.05, 4.69) is 31.3 Å². The second-order valence-electron chi connectivity index (χ2n) is 6.16. The number of amides is 2. The fourth-order valence-corrected chi connectivity index (χ4v) is 3.62. The highest BCUT2D eigenvalue weighted by molar-refractivity contribution is 9.10. The van der Waals surface area contributed by atoms with Crippen LogP contribution in [-0.4, -0.2) is 39.7 Å². The first-order valence-electron chi connectivity index (χ1n) is 8.19. The molecule has 1 atom stereocenters. The number of anilines is 1. The highest BCUT2D eigenvalue weighted by atomic mass is 79.9. The molecule has 0 spiro atoms. The maximum atomic E-state index is 12.7. The van der Waals surface area contributed by atoms with Crippen LogP contribution in [0.2, 0.25) is 0 Å². The first-order chi connectivity index (χ1) is 12.5. The van der Waals surface area contributed by atoms with Gasteiger partial charge in [-0.25, -0.2) is 4.68 Å². The molecule has 26 heavy (non-hydrogen) atoms. The number of fused-ring (bicyclic) bond motifs is 2. The summed E-state index contributed by atoms with van der Waals surface area (Å²) < 4.78 is 2.65. The Labute approximate surface area is 158 Å². The summed E-state index contributed by atoms with van der Waals surface area (Å²) in [6.45, 7) is 0.556. The molecule has 132 valence electrons. The van der Waals surface area contributed by atoms with E-state index in [4.69, 9.17) is 0 Å². The van der Waals surface area contributed by atoms with E-state index in [-0.39, 0.29) is 17.5 Å². The zero-order valence-electron chi connectivity index (χ0n) is 14.0. The maximum Gasteiger partial charge on any atom is 0.270 e. The number of aryl methyl sites for hydroxylation is 1. The van der Waals surface area contributed by atoms with Crippen molar-refractivity contribution in [2.75, 3.05) is 11.9 Å². The van der Waals surface area contributed by atoms with Crippen LogP contribution in [0.4, 0.5) is 5.82 Å². The highest BCUT2D eigenvalue weighted by Crippen LogP contribution is 2.24. The van der Waals surface area contributed by atoms with Crippen LogP contribution in [0.15, 0.2) is 47.2 Å². The lowest BCUT2D eigenvalue weighted by Crippen LogP contribution is -2.46. The molecule has 0 saturated carbocycles. The largest absolute Gasteiger partial charge is 0.339 e. The molecule has 1 aliphatic rings. The molecular weight excluding hydrogens is 398 g/mol. The Hall–Kier alpha value is -2.74. The Balaban J connectivity index is 1.57. The van der Waals surface area contributed by atoms with E-state index in [0.29, 0.717) is 13.0 Å². The zero-order valence-corrected chi connectivity index (χ0v) is 15.6. The number of benzene rings is 1. The van der Waals surface area contributed by atoms with Crippen LogP contribution in [0.1, 0.15) is 16.9 Å². The van der Waals surface area contributed by atoms with Crippen LogP contribution in [0, 0.1) is 0 Å². The average Bonchev–Trinajstić information content (AvgIpc) is 3.08. The van der Waals surface area contributed by atoms with Gasteiger partial charge < -0.3 is 5.32 Å². The molecule has 8 heteroatoms. The number of pyridine rings is 1. The number of nitrogens with zero attached hydrogens (tertiary/aromatic N) is 4. The Morgan fingerprint density at radius 2 is 2.19 bits per heavy atom. The quantitative estimate of drug-likeness (QED) is 0.698. The van der Waals surface area contributed by atoms with Gasteiger partial charge in [-0.3, -0.25) is 19.5 Å². The van der Waals surface area contributed by atoms with Crippen LogP contribution in [-0.2, 0) is 11.3 Å². The molecule has 1 aliphatic heterocycles. The van der Waals surface area contributed by atoms with Crippen molar-refractivity contribution >= 4 is 44.3 Å². The summed E-state index contributed by atoms with van der Waals surface area (Å²) >= 11 is 3.49. The summed E-state index contributed by atoms with van der Waals surface area (Å²) in [6.07, 6.45) is 3.79. The Kier molecular flexibility index (Phi) is 4.20. The number of aromatic nitrogens is 3. The van der Waals surface area contributed by atoms with Crippen molar-refractivity contribution in [2.45, 2.75) is 19.0 Å². The van der Waals surface area contributed by atoms with Crippen molar-refractivity contribution in [2.24, 2.45) is 0 Å². The molecule has 0 bridgehead atoms. The number of halogens is 1. The van der Waals surface area contributed by atoms with E-state index >= 15 is 0 Å². The molecule has 1 N–H and O–H groups in total. The van der Waals surface area contributed by atoms with Gasteiger partial charge in [0.1, 0.15) is 17.6 Å². The molecule has 0 fully saturated rings. The number of likely N-dealkylation sites (N-methyl/N-ethyl adjacent to an activating group) is 1. The third-order valence-corrected chi connectivity index (χ3v) is 5.24. The minimum atomic E-state index is -0.620. The van der Waals surface area contributed by atoms with E-state index in [1.165, 1.54) is 4.90 Å². The standard InChI is InChI=1S/C18H16BrN5O2/c1-23-16-5-7-21-24(16)8-6-14(18(23)26)22-17(25)15-9-12-11(10-20-15)3-2-4-13(12)19/h2-5,7,9-10,14H,6,8H2,1H3,(H,22,25). The number of carbonyl (C=O) groups is 2. The number of nitrogens with one attached hydrogen (secondary N) is 1. The Morgan fingerprint density at radius 3 is 3.04 bits per heavy atom. The summed E-state index contributed by atoms with van der Waals surface area (Å²) in [6, 6.07) is 8.65. The normalized spacial score (nSPS) is 17.1. The summed E-state index contributed by atoms with van der Waals surface area (Å²) in [5.74, 6) is 0.188. The van der Waals surface area contributed by atoms with Crippen LogP contribution >= 0.6 is 15.9 Å². The highest BCUT2D eigenvalue weighted by Gasteiger charge is 2.30. The van der Waals surface area contributed by atoms with E-state index in [0.717, 1.165) is 21.1 Å². The van der Waals surface area contributed by atoms with Gasteiger partial charge in [0, 0.05) is 35.7 Å². The SMILES string of the molecule is CN1C(=O)C(NC(=O)c2cc3c(Br)cccc3cn2)CCn2nccc21. The molecule has 2 aromatic heterocycles. The van der Waals surface area contributed by atoms with Gasteiger partial charge in [-0.15, -0.1) is 0 Å². The van der Waals surface area contributed by atoms with Crippen molar-refractivity contribution in [3.63, 3.8) is 0 Å². The Morgan fingerprint density at radius 1 is 1.35 bits per heavy atom. The monoisotopic (exact) mass is 413 g/mol. The van der Waals surface area contributed by atoms with Gasteiger partial charge in [0.25, 0.3) is 11.8 Å². The molecule has 2 amide bonds. The maximum absolute atomic E-state index is 12.7. The van der Waals surface area contributed by atoms with E-state index in [9.17, 15) is 9.59 Å². The molecule has 0 saturated heterocycles. The van der Waals surface area contributed by atoms with Crippen LogP contribution in [0.5, 0.6) is 0 Å². The lowest BCUT2D eigenvalue weighted by Gasteiger charge is -2.20. The van der Waals surface area contributed by atoms with Gasteiger partial charge in [-0.05, 0) is 23.9 Å². The van der Waals surface area contributed by atoms with Gasteiger partial charge in [0.15, 0.2) is 0 Å². The average molecular weight is 414 g/mol. The first-order valence-corrected chi connectivity index (χ1v) is 8.98. The van der Waals surface area contributed by atoms with Crippen LogP contribution in [0.25, 0.3) is 10.8 Å². The fraction of sp³-hybridized carbons (Fsp3) is 0.222. The molecule has 0 aliphatic carbocycles. The minimum absolute atomic E-state index is 0.167. The third kappa shape index (κ3) is 2.86. The Bertz CT molecular complexity index is 1020. The summed E-state index contributed by atoms with van der Waals surface area (Å²) in [4.78, 5) is 31.1. The molecule has 7 nitrogen and oxygen atoms in total. The number of hydrogen-bond acceptors (Lipinski definition) is 4. The van der Waals surface area contributed by atoms with Crippen molar-refractivity contribution in [3.05, 3.63) is 52.9 Å². The molecule has 1 unspecified atom stereocenters.